The Balaban J connectivity index is 1.67. The van der Waals surface area contributed by atoms with Crippen LogP contribution in [-0.4, -0.2) is 28.1 Å². The molecule has 0 radical (unpaired) electrons. The van der Waals surface area contributed by atoms with Crippen LogP contribution in [0.5, 0.6) is 11.6 Å². The summed E-state index contributed by atoms with van der Waals surface area (Å²) in [4.78, 5) is 28.7. The number of pyridine rings is 1. The van der Waals surface area contributed by atoms with Crippen LogP contribution >= 0.6 is 0 Å². The molecule has 138 valence electrons. The molecule has 1 amide bonds. The van der Waals surface area contributed by atoms with Gasteiger partial charge >= 0.3 is 5.97 Å². The van der Waals surface area contributed by atoms with Gasteiger partial charge in [-0.05, 0) is 38.1 Å². The topological polar surface area (TPSA) is 104 Å². The number of nitrogens with zero attached hydrogens (tertiary/aromatic N) is 2. The van der Waals surface area contributed by atoms with Gasteiger partial charge in [-0.1, -0.05) is 23.4 Å². The molecule has 1 N–H and O–H groups in total. The van der Waals surface area contributed by atoms with E-state index in [9.17, 15) is 9.59 Å². The molecule has 0 unspecified atom stereocenters. The van der Waals surface area contributed by atoms with Gasteiger partial charge in [0.1, 0.15) is 17.1 Å². The number of esters is 1. The Morgan fingerprint density at radius 1 is 1.15 bits per heavy atom. The third-order valence-corrected chi connectivity index (χ3v) is 3.48. The lowest BCUT2D eigenvalue weighted by Gasteiger charge is -2.14. The van der Waals surface area contributed by atoms with E-state index in [1.54, 1.807) is 43.3 Å². The van der Waals surface area contributed by atoms with Crippen molar-refractivity contribution in [1.29, 1.82) is 0 Å². The molecular formula is C19H17N3O5. The van der Waals surface area contributed by atoms with Crippen LogP contribution in [0.3, 0.4) is 0 Å². The standard InChI is InChI=1S/C19H17N3O5/c1-12-11-16(22-27-12)21-17(23)13(2)25-19(24)15-9-6-10-20-18(15)26-14-7-4-3-5-8-14/h3-11,13H,1-2H3,(H,21,22,23)/t13-/m1/s1. The number of nitrogens with one attached hydrogen (secondary N) is 1. The third-order valence-electron chi connectivity index (χ3n) is 3.48. The van der Waals surface area contributed by atoms with E-state index in [-0.39, 0.29) is 17.3 Å². The second kappa shape index (κ2) is 8.13. The number of hydrogen-bond acceptors (Lipinski definition) is 7. The molecule has 8 nitrogen and oxygen atoms in total. The van der Waals surface area contributed by atoms with E-state index >= 15 is 0 Å². The van der Waals surface area contributed by atoms with E-state index in [1.165, 1.54) is 19.2 Å². The number of anilines is 1. The van der Waals surface area contributed by atoms with Crippen LogP contribution in [0, 0.1) is 6.92 Å². The zero-order chi connectivity index (χ0) is 19.2. The quantitative estimate of drug-likeness (QED) is 0.666. The third kappa shape index (κ3) is 4.69. The van der Waals surface area contributed by atoms with Gasteiger partial charge in [0.25, 0.3) is 5.91 Å². The highest BCUT2D eigenvalue weighted by Crippen LogP contribution is 2.23. The van der Waals surface area contributed by atoms with Gasteiger partial charge in [-0.2, -0.15) is 0 Å². The predicted octanol–water partition coefficient (Wildman–Crippen LogP) is 3.35. The number of aryl methyl sites for hydroxylation is 1. The summed E-state index contributed by atoms with van der Waals surface area (Å²) in [5.41, 5.74) is 0.110. The fourth-order valence-corrected chi connectivity index (χ4v) is 2.16. The number of amides is 1. The molecule has 1 aromatic carbocycles. The van der Waals surface area contributed by atoms with Gasteiger partial charge in [0.05, 0.1) is 0 Å². The second-order valence-electron chi connectivity index (χ2n) is 5.63. The first-order valence-corrected chi connectivity index (χ1v) is 8.16. The van der Waals surface area contributed by atoms with E-state index < -0.39 is 18.0 Å². The van der Waals surface area contributed by atoms with Crippen molar-refractivity contribution >= 4 is 17.7 Å². The normalized spacial score (nSPS) is 11.5. The number of ether oxygens (including phenoxy) is 2. The highest BCUT2D eigenvalue weighted by molar-refractivity contribution is 5.97. The van der Waals surface area contributed by atoms with Crippen molar-refractivity contribution in [1.82, 2.24) is 10.1 Å². The molecule has 3 aromatic rings. The minimum Gasteiger partial charge on any atom is -0.449 e. The van der Waals surface area contributed by atoms with Crippen molar-refractivity contribution in [3.63, 3.8) is 0 Å². The molecule has 8 heteroatoms. The number of aromatic nitrogens is 2. The molecule has 27 heavy (non-hydrogen) atoms. The number of benzene rings is 1. The van der Waals surface area contributed by atoms with Crippen molar-refractivity contribution in [3.8, 4) is 11.6 Å². The average Bonchev–Trinajstić information content (AvgIpc) is 3.07. The number of carbonyl (C=O) groups excluding carboxylic acids is 2. The smallest absolute Gasteiger partial charge is 0.344 e. The minimum atomic E-state index is -1.06. The molecule has 2 aromatic heterocycles. The summed E-state index contributed by atoms with van der Waals surface area (Å²) in [6, 6.07) is 13.6. The van der Waals surface area contributed by atoms with Gasteiger partial charge < -0.3 is 19.3 Å². The highest BCUT2D eigenvalue weighted by atomic mass is 16.6. The monoisotopic (exact) mass is 367 g/mol. The zero-order valence-electron chi connectivity index (χ0n) is 14.7. The predicted molar refractivity (Wildman–Crippen MR) is 95.5 cm³/mol. The van der Waals surface area contributed by atoms with Crippen LogP contribution in [0.15, 0.2) is 59.3 Å². The summed E-state index contributed by atoms with van der Waals surface area (Å²) in [5, 5.41) is 6.16. The molecule has 2 heterocycles. The van der Waals surface area contributed by atoms with Crippen LogP contribution in [0.4, 0.5) is 5.82 Å². The number of rotatable bonds is 6. The summed E-state index contributed by atoms with van der Waals surface area (Å²) >= 11 is 0. The summed E-state index contributed by atoms with van der Waals surface area (Å²) in [6.45, 7) is 3.15. The first kappa shape index (κ1) is 18.1. The van der Waals surface area contributed by atoms with Gasteiger partial charge in [0.2, 0.25) is 5.88 Å². The maximum Gasteiger partial charge on any atom is 0.344 e. The minimum absolute atomic E-state index is 0.0911. The molecule has 0 saturated carbocycles. The Morgan fingerprint density at radius 2 is 1.93 bits per heavy atom. The van der Waals surface area contributed by atoms with Gasteiger partial charge in [0.15, 0.2) is 11.9 Å². The van der Waals surface area contributed by atoms with Crippen LogP contribution in [0.25, 0.3) is 0 Å². The summed E-state index contributed by atoms with van der Waals surface area (Å²) in [7, 11) is 0. The molecular weight excluding hydrogens is 350 g/mol. The zero-order valence-corrected chi connectivity index (χ0v) is 14.7. The largest absolute Gasteiger partial charge is 0.449 e. The Kier molecular flexibility index (Phi) is 5.46. The van der Waals surface area contributed by atoms with Gasteiger partial charge in [-0.25, -0.2) is 9.78 Å². The maximum atomic E-state index is 12.5. The molecule has 0 bridgehead atoms. The van der Waals surface area contributed by atoms with E-state index in [0.717, 1.165) is 0 Å². The summed E-state index contributed by atoms with van der Waals surface area (Å²) in [5.74, 6) is 0.146. The summed E-state index contributed by atoms with van der Waals surface area (Å²) < 4.78 is 15.7. The average molecular weight is 367 g/mol. The van der Waals surface area contributed by atoms with Crippen LogP contribution in [0.1, 0.15) is 23.0 Å². The van der Waals surface area contributed by atoms with E-state index in [2.05, 4.69) is 15.5 Å². The number of carbonyl (C=O) groups is 2. The number of para-hydroxylation sites is 1. The first-order chi connectivity index (χ1) is 13.0. The van der Waals surface area contributed by atoms with E-state index in [4.69, 9.17) is 14.0 Å². The van der Waals surface area contributed by atoms with Crippen molar-refractivity contribution in [2.75, 3.05) is 5.32 Å². The molecule has 0 aliphatic carbocycles. The van der Waals surface area contributed by atoms with E-state index in [1.807, 2.05) is 6.07 Å². The second-order valence-corrected chi connectivity index (χ2v) is 5.63. The Labute approximate surface area is 155 Å². The fraction of sp³-hybridized carbons (Fsp3) is 0.158. The van der Waals surface area contributed by atoms with Crippen LogP contribution < -0.4 is 10.1 Å². The molecule has 0 spiro atoms. The molecule has 0 fully saturated rings. The fourth-order valence-electron chi connectivity index (χ4n) is 2.16. The first-order valence-electron chi connectivity index (χ1n) is 8.16. The Bertz CT molecular complexity index is 939. The SMILES string of the molecule is Cc1cc(NC(=O)[C@@H](C)OC(=O)c2cccnc2Oc2ccccc2)no1. The van der Waals surface area contributed by atoms with Gasteiger partial charge in [0, 0.05) is 12.3 Å². The van der Waals surface area contributed by atoms with E-state index in [0.29, 0.717) is 11.5 Å². The molecule has 1 atom stereocenters. The highest BCUT2D eigenvalue weighted by Gasteiger charge is 2.23. The molecule has 0 aliphatic rings. The number of hydrogen-bond donors (Lipinski definition) is 1. The lowest BCUT2D eigenvalue weighted by molar-refractivity contribution is -0.123. The van der Waals surface area contributed by atoms with Crippen LogP contribution in [-0.2, 0) is 9.53 Å². The Morgan fingerprint density at radius 3 is 2.63 bits per heavy atom. The van der Waals surface area contributed by atoms with Crippen molar-refractivity contribution in [2.24, 2.45) is 0 Å². The van der Waals surface area contributed by atoms with Crippen molar-refractivity contribution in [2.45, 2.75) is 20.0 Å². The molecule has 3 rings (SSSR count). The summed E-state index contributed by atoms with van der Waals surface area (Å²) in [6.07, 6.45) is 0.442. The van der Waals surface area contributed by atoms with Crippen molar-refractivity contribution in [3.05, 3.63) is 66.1 Å². The maximum absolute atomic E-state index is 12.5. The molecule has 0 aliphatic heterocycles. The Hall–Kier alpha value is -3.68. The van der Waals surface area contributed by atoms with Crippen LogP contribution in [0.2, 0.25) is 0 Å². The lowest BCUT2D eigenvalue weighted by atomic mass is 10.2. The van der Waals surface area contributed by atoms with Gasteiger partial charge in [-0.15, -0.1) is 0 Å². The van der Waals surface area contributed by atoms with Gasteiger partial charge in [-0.3, -0.25) is 4.79 Å². The lowest BCUT2D eigenvalue weighted by Crippen LogP contribution is -2.30. The molecule has 0 saturated heterocycles. The van der Waals surface area contributed by atoms with Crippen molar-refractivity contribution < 1.29 is 23.6 Å².